The molecule has 0 aliphatic carbocycles. The Kier molecular flexibility index (Phi) is 5.27. The van der Waals surface area contributed by atoms with Gasteiger partial charge in [-0.2, -0.15) is 0 Å². The molecule has 1 unspecified atom stereocenters. The number of anilines is 1. The third-order valence-electron chi connectivity index (χ3n) is 5.10. The van der Waals surface area contributed by atoms with Gasteiger partial charge in [-0.05, 0) is 59.2 Å². The molecule has 1 atom stereocenters. The van der Waals surface area contributed by atoms with Crippen molar-refractivity contribution in [3.63, 3.8) is 0 Å². The molecule has 0 bridgehead atoms. The molecule has 0 saturated carbocycles. The van der Waals surface area contributed by atoms with Gasteiger partial charge in [-0.3, -0.25) is 0 Å². The molecule has 4 rings (SSSR count). The van der Waals surface area contributed by atoms with Gasteiger partial charge in [0.25, 0.3) is 0 Å². The fraction of sp³-hybridized carbons (Fsp3) is 0.167. The molecule has 1 aliphatic rings. The zero-order valence-corrected chi connectivity index (χ0v) is 16.7. The Morgan fingerprint density at radius 3 is 2.25 bits per heavy atom. The molecule has 0 aromatic heterocycles. The largest absolute Gasteiger partial charge is 0.499 e. The Morgan fingerprint density at radius 2 is 1.57 bits per heavy atom. The van der Waals surface area contributed by atoms with E-state index >= 15 is 0 Å². The van der Waals surface area contributed by atoms with Crippen molar-refractivity contribution in [2.45, 2.75) is 6.04 Å². The highest BCUT2D eigenvalue weighted by Gasteiger charge is 2.28. The summed E-state index contributed by atoms with van der Waals surface area (Å²) in [6, 6.07) is 24.7. The molecule has 4 heteroatoms. The lowest BCUT2D eigenvalue weighted by Crippen LogP contribution is -2.31. The SMILES string of the molecule is COC1=Cc2ccccc2C(c2ccc(Cl)cc2)N(c2ccc(OC)cc2)C1. The van der Waals surface area contributed by atoms with Crippen LogP contribution < -0.4 is 9.64 Å². The molecule has 0 spiro atoms. The van der Waals surface area contributed by atoms with E-state index in [0.29, 0.717) is 6.54 Å². The second-order valence-corrected chi connectivity index (χ2v) is 7.16. The lowest BCUT2D eigenvalue weighted by molar-refractivity contribution is 0.288. The lowest BCUT2D eigenvalue weighted by atomic mass is 9.93. The Bertz CT molecular complexity index is 980. The van der Waals surface area contributed by atoms with Gasteiger partial charge in [-0.25, -0.2) is 0 Å². The molecule has 1 aliphatic heterocycles. The molecule has 3 aromatic rings. The minimum absolute atomic E-state index is 0.0331. The number of rotatable bonds is 4. The summed E-state index contributed by atoms with van der Waals surface area (Å²) < 4.78 is 11.0. The van der Waals surface area contributed by atoms with E-state index in [1.54, 1.807) is 14.2 Å². The first-order valence-electron chi connectivity index (χ1n) is 9.19. The third kappa shape index (κ3) is 3.58. The molecule has 0 saturated heterocycles. The number of halogens is 1. The minimum atomic E-state index is 0.0331. The maximum absolute atomic E-state index is 6.16. The highest BCUT2D eigenvalue weighted by Crippen LogP contribution is 2.39. The summed E-state index contributed by atoms with van der Waals surface area (Å²) in [6.07, 6.45) is 2.13. The quantitative estimate of drug-likeness (QED) is 0.548. The van der Waals surface area contributed by atoms with Crippen LogP contribution in [-0.4, -0.2) is 20.8 Å². The summed E-state index contributed by atoms with van der Waals surface area (Å²) >= 11 is 6.16. The Labute approximate surface area is 170 Å². The van der Waals surface area contributed by atoms with Crippen molar-refractivity contribution < 1.29 is 9.47 Å². The van der Waals surface area contributed by atoms with E-state index in [1.165, 1.54) is 11.1 Å². The van der Waals surface area contributed by atoms with Crippen molar-refractivity contribution in [2.75, 3.05) is 25.7 Å². The summed E-state index contributed by atoms with van der Waals surface area (Å²) in [7, 11) is 3.41. The molecule has 3 aromatic carbocycles. The van der Waals surface area contributed by atoms with Gasteiger partial charge >= 0.3 is 0 Å². The van der Waals surface area contributed by atoms with Crippen molar-refractivity contribution in [3.05, 3.63) is 100 Å². The molecule has 28 heavy (non-hydrogen) atoms. The standard InChI is InChI=1S/C24H22ClNO2/c1-27-21-13-11-20(12-14-21)26-16-22(28-2)15-18-5-3-4-6-23(18)24(26)17-7-9-19(25)10-8-17/h3-15,24H,16H2,1-2H3. The van der Waals surface area contributed by atoms with Crippen molar-refractivity contribution >= 4 is 23.4 Å². The molecule has 1 heterocycles. The first-order chi connectivity index (χ1) is 13.7. The number of hydrogen-bond acceptors (Lipinski definition) is 3. The molecule has 142 valence electrons. The molecular formula is C24H22ClNO2. The smallest absolute Gasteiger partial charge is 0.119 e. The zero-order chi connectivity index (χ0) is 19.5. The Balaban J connectivity index is 1.89. The third-order valence-corrected chi connectivity index (χ3v) is 5.35. The highest BCUT2D eigenvalue weighted by atomic mass is 35.5. The summed E-state index contributed by atoms with van der Waals surface area (Å²) in [5.74, 6) is 1.75. The van der Waals surface area contributed by atoms with Gasteiger partial charge in [0.05, 0.1) is 26.8 Å². The molecule has 3 nitrogen and oxygen atoms in total. The van der Waals surface area contributed by atoms with E-state index in [0.717, 1.165) is 27.8 Å². The van der Waals surface area contributed by atoms with Crippen LogP contribution in [0.1, 0.15) is 22.7 Å². The summed E-state index contributed by atoms with van der Waals surface area (Å²) in [5, 5.41) is 0.734. The van der Waals surface area contributed by atoms with E-state index in [2.05, 4.69) is 59.5 Å². The van der Waals surface area contributed by atoms with Crippen LogP contribution >= 0.6 is 11.6 Å². The van der Waals surface area contributed by atoms with E-state index in [4.69, 9.17) is 21.1 Å². The summed E-state index contributed by atoms with van der Waals surface area (Å²) in [5.41, 5.74) is 4.67. The van der Waals surface area contributed by atoms with E-state index < -0.39 is 0 Å². The van der Waals surface area contributed by atoms with Crippen LogP contribution in [0.5, 0.6) is 5.75 Å². The van der Waals surface area contributed by atoms with E-state index in [9.17, 15) is 0 Å². The molecule has 0 N–H and O–H groups in total. The van der Waals surface area contributed by atoms with Gasteiger partial charge in [0.1, 0.15) is 11.5 Å². The van der Waals surface area contributed by atoms with Crippen LogP contribution in [0.15, 0.2) is 78.6 Å². The average Bonchev–Trinajstić information content (AvgIpc) is 2.91. The Hall–Kier alpha value is -2.91. The molecular weight excluding hydrogens is 370 g/mol. The maximum atomic E-state index is 6.16. The van der Waals surface area contributed by atoms with Gasteiger partial charge in [0.2, 0.25) is 0 Å². The van der Waals surface area contributed by atoms with Crippen LogP contribution in [0.2, 0.25) is 5.02 Å². The first kappa shape index (κ1) is 18.5. The van der Waals surface area contributed by atoms with Gasteiger partial charge in [0.15, 0.2) is 0 Å². The second-order valence-electron chi connectivity index (χ2n) is 6.72. The Morgan fingerprint density at radius 1 is 0.857 bits per heavy atom. The van der Waals surface area contributed by atoms with Crippen LogP contribution in [0.25, 0.3) is 6.08 Å². The molecule has 0 amide bonds. The van der Waals surface area contributed by atoms with Crippen LogP contribution in [0.3, 0.4) is 0 Å². The molecule has 0 radical (unpaired) electrons. The summed E-state index contributed by atoms with van der Waals surface area (Å²) in [6.45, 7) is 0.658. The monoisotopic (exact) mass is 391 g/mol. The van der Waals surface area contributed by atoms with Gasteiger partial charge < -0.3 is 14.4 Å². The van der Waals surface area contributed by atoms with Crippen molar-refractivity contribution in [1.29, 1.82) is 0 Å². The predicted octanol–water partition coefficient (Wildman–Crippen LogP) is 5.95. The highest BCUT2D eigenvalue weighted by molar-refractivity contribution is 6.30. The topological polar surface area (TPSA) is 21.7 Å². The van der Waals surface area contributed by atoms with Crippen molar-refractivity contribution in [1.82, 2.24) is 0 Å². The number of ether oxygens (including phenoxy) is 2. The number of fused-ring (bicyclic) bond motifs is 1. The van der Waals surface area contributed by atoms with Crippen LogP contribution in [0, 0.1) is 0 Å². The second kappa shape index (κ2) is 7.99. The van der Waals surface area contributed by atoms with Crippen LogP contribution in [0.4, 0.5) is 5.69 Å². The van der Waals surface area contributed by atoms with Crippen LogP contribution in [-0.2, 0) is 4.74 Å². The number of methoxy groups -OCH3 is 2. The number of hydrogen-bond donors (Lipinski definition) is 0. The number of nitrogens with zero attached hydrogens (tertiary/aromatic N) is 1. The van der Waals surface area contributed by atoms with Gasteiger partial charge in [-0.1, -0.05) is 48.0 Å². The predicted molar refractivity (Wildman–Crippen MR) is 115 cm³/mol. The van der Waals surface area contributed by atoms with Gasteiger partial charge in [0, 0.05) is 10.7 Å². The fourth-order valence-electron chi connectivity index (χ4n) is 3.68. The lowest BCUT2D eigenvalue weighted by Gasteiger charge is -2.34. The first-order valence-corrected chi connectivity index (χ1v) is 9.57. The minimum Gasteiger partial charge on any atom is -0.499 e. The average molecular weight is 392 g/mol. The van der Waals surface area contributed by atoms with Crippen molar-refractivity contribution in [3.8, 4) is 5.75 Å². The zero-order valence-electron chi connectivity index (χ0n) is 15.9. The fourth-order valence-corrected chi connectivity index (χ4v) is 3.81. The van der Waals surface area contributed by atoms with E-state index in [-0.39, 0.29) is 6.04 Å². The molecule has 0 fully saturated rings. The summed E-state index contributed by atoms with van der Waals surface area (Å²) in [4.78, 5) is 2.35. The van der Waals surface area contributed by atoms with Gasteiger partial charge in [-0.15, -0.1) is 0 Å². The van der Waals surface area contributed by atoms with E-state index in [1.807, 2.05) is 24.3 Å². The number of benzene rings is 3. The van der Waals surface area contributed by atoms with Crippen molar-refractivity contribution in [2.24, 2.45) is 0 Å². The maximum Gasteiger partial charge on any atom is 0.119 e. The normalized spacial score (nSPS) is 16.0.